The molecule has 0 saturated carbocycles. The smallest absolute Gasteiger partial charge is 0.0779 e. The molecule has 0 bridgehead atoms. The molecule has 0 aliphatic carbocycles. The minimum absolute atomic E-state index is 0.0285. The third kappa shape index (κ3) is 2.38. The Kier molecular flexibility index (Phi) is 2.80. The van der Waals surface area contributed by atoms with Crippen molar-refractivity contribution in [2.75, 3.05) is 0 Å². The normalized spacial score (nSPS) is 24.6. The lowest BCUT2D eigenvalue weighted by Crippen LogP contribution is -2.24. The Morgan fingerprint density at radius 1 is 1.67 bits per heavy atom. The molecule has 4 nitrogen and oxygen atoms in total. The van der Waals surface area contributed by atoms with E-state index in [0.717, 1.165) is 25.1 Å². The molecule has 2 rings (SSSR count). The highest BCUT2D eigenvalue weighted by atomic mass is 16.5. The number of aromatic nitrogens is 2. The molecular formula is C11H19N3O. The first-order chi connectivity index (χ1) is 7.11. The standard InChI is InChI=1S/C11H19N3O/c1-11(2)5-3-10(15-11)8-14-9(7-12)4-6-13-14/h4,6,10H,3,5,7-8,12H2,1-2H3. The van der Waals surface area contributed by atoms with Gasteiger partial charge in [-0.1, -0.05) is 0 Å². The van der Waals surface area contributed by atoms with Crippen LogP contribution in [-0.4, -0.2) is 21.5 Å². The Bertz CT molecular complexity index is 332. The number of rotatable bonds is 3. The van der Waals surface area contributed by atoms with E-state index < -0.39 is 0 Å². The second-order valence-corrected chi connectivity index (χ2v) is 4.75. The molecule has 1 atom stereocenters. The Morgan fingerprint density at radius 3 is 3.07 bits per heavy atom. The molecule has 15 heavy (non-hydrogen) atoms. The van der Waals surface area contributed by atoms with Crippen molar-refractivity contribution in [1.29, 1.82) is 0 Å². The van der Waals surface area contributed by atoms with Crippen LogP contribution in [-0.2, 0) is 17.8 Å². The lowest BCUT2D eigenvalue weighted by Gasteiger charge is -2.19. The maximum Gasteiger partial charge on any atom is 0.0779 e. The van der Waals surface area contributed by atoms with Crippen molar-refractivity contribution in [1.82, 2.24) is 9.78 Å². The molecule has 0 spiro atoms. The maximum atomic E-state index is 5.92. The van der Waals surface area contributed by atoms with Crippen molar-refractivity contribution in [2.45, 2.75) is 51.5 Å². The average Bonchev–Trinajstić information content (AvgIpc) is 2.73. The minimum atomic E-state index is 0.0285. The zero-order valence-electron chi connectivity index (χ0n) is 9.44. The number of nitrogens with two attached hydrogens (primary N) is 1. The average molecular weight is 209 g/mol. The molecule has 1 unspecified atom stereocenters. The van der Waals surface area contributed by atoms with E-state index in [4.69, 9.17) is 10.5 Å². The fourth-order valence-corrected chi connectivity index (χ4v) is 2.10. The van der Waals surface area contributed by atoms with Crippen molar-refractivity contribution in [3.05, 3.63) is 18.0 Å². The predicted molar refractivity (Wildman–Crippen MR) is 58.3 cm³/mol. The highest BCUT2D eigenvalue weighted by Crippen LogP contribution is 2.30. The first-order valence-electron chi connectivity index (χ1n) is 5.49. The molecule has 4 heteroatoms. The summed E-state index contributed by atoms with van der Waals surface area (Å²) >= 11 is 0. The van der Waals surface area contributed by atoms with Gasteiger partial charge in [0.1, 0.15) is 0 Å². The van der Waals surface area contributed by atoms with Gasteiger partial charge in [-0.3, -0.25) is 4.68 Å². The summed E-state index contributed by atoms with van der Waals surface area (Å²) in [7, 11) is 0. The van der Waals surface area contributed by atoms with Crippen molar-refractivity contribution >= 4 is 0 Å². The van der Waals surface area contributed by atoms with Gasteiger partial charge in [-0.05, 0) is 32.8 Å². The van der Waals surface area contributed by atoms with Crippen LogP contribution in [0.4, 0.5) is 0 Å². The van der Waals surface area contributed by atoms with E-state index in [9.17, 15) is 0 Å². The Hall–Kier alpha value is -0.870. The molecular weight excluding hydrogens is 190 g/mol. The van der Waals surface area contributed by atoms with Gasteiger partial charge in [0.15, 0.2) is 0 Å². The van der Waals surface area contributed by atoms with Crippen LogP contribution in [0.5, 0.6) is 0 Å². The fourth-order valence-electron chi connectivity index (χ4n) is 2.10. The van der Waals surface area contributed by atoms with Gasteiger partial charge in [-0.15, -0.1) is 0 Å². The Balaban J connectivity index is 1.98. The predicted octanol–water partition coefficient (Wildman–Crippen LogP) is 1.30. The van der Waals surface area contributed by atoms with Crippen molar-refractivity contribution in [3.63, 3.8) is 0 Å². The van der Waals surface area contributed by atoms with Crippen molar-refractivity contribution < 1.29 is 4.74 Å². The summed E-state index contributed by atoms with van der Waals surface area (Å²) in [6.45, 7) is 5.64. The molecule has 84 valence electrons. The van der Waals surface area contributed by atoms with Crippen LogP contribution in [0.2, 0.25) is 0 Å². The van der Waals surface area contributed by atoms with Crippen LogP contribution in [0.1, 0.15) is 32.4 Å². The number of hydrogen-bond acceptors (Lipinski definition) is 3. The number of ether oxygens (including phenoxy) is 1. The summed E-state index contributed by atoms with van der Waals surface area (Å²) in [5.41, 5.74) is 6.72. The van der Waals surface area contributed by atoms with Gasteiger partial charge in [0.25, 0.3) is 0 Å². The van der Waals surface area contributed by atoms with Gasteiger partial charge in [-0.2, -0.15) is 5.10 Å². The molecule has 0 aromatic carbocycles. The molecule has 1 aliphatic heterocycles. The van der Waals surface area contributed by atoms with E-state index in [0.29, 0.717) is 6.54 Å². The van der Waals surface area contributed by atoms with Gasteiger partial charge < -0.3 is 10.5 Å². The monoisotopic (exact) mass is 209 g/mol. The van der Waals surface area contributed by atoms with Crippen LogP contribution >= 0.6 is 0 Å². The summed E-state index contributed by atoms with van der Waals surface area (Å²) in [5, 5.41) is 4.25. The summed E-state index contributed by atoms with van der Waals surface area (Å²) in [4.78, 5) is 0. The minimum Gasteiger partial charge on any atom is -0.370 e. The molecule has 1 aromatic rings. The first-order valence-corrected chi connectivity index (χ1v) is 5.49. The lowest BCUT2D eigenvalue weighted by atomic mass is 10.1. The maximum absolute atomic E-state index is 5.92. The topological polar surface area (TPSA) is 53.1 Å². The van der Waals surface area contributed by atoms with Crippen LogP contribution in [0.15, 0.2) is 12.3 Å². The van der Waals surface area contributed by atoms with Crippen molar-refractivity contribution in [2.24, 2.45) is 5.73 Å². The van der Waals surface area contributed by atoms with Gasteiger partial charge in [0.05, 0.1) is 23.9 Å². The Labute approximate surface area is 90.4 Å². The van der Waals surface area contributed by atoms with E-state index >= 15 is 0 Å². The van der Waals surface area contributed by atoms with Gasteiger partial charge in [0.2, 0.25) is 0 Å². The lowest BCUT2D eigenvalue weighted by molar-refractivity contribution is -0.0232. The van der Waals surface area contributed by atoms with Gasteiger partial charge in [-0.25, -0.2) is 0 Å². The summed E-state index contributed by atoms with van der Waals surface area (Å²) in [6.07, 6.45) is 4.31. The quantitative estimate of drug-likeness (QED) is 0.816. The van der Waals surface area contributed by atoms with Gasteiger partial charge >= 0.3 is 0 Å². The highest BCUT2D eigenvalue weighted by Gasteiger charge is 2.31. The highest BCUT2D eigenvalue weighted by molar-refractivity contribution is 5.00. The second-order valence-electron chi connectivity index (χ2n) is 4.75. The zero-order valence-corrected chi connectivity index (χ0v) is 9.44. The molecule has 1 saturated heterocycles. The summed E-state index contributed by atoms with van der Waals surface area (Å²) in [5.74, 6) is 0. The van der Waals surface area contributed by atoms with E-state index in [1.165, 1.54) is 0 Å². The fraction of sp³-hybridized carbons (Fsp3) is 0.727. The van der Waals surface area contributed by atoms with Gasteiger partial charge in [0, 0.05) is 12.7 Å². The SMILES string of the molecule is CC1(C)CCC(Cn2nccc2CN)O1. The molecule has 2 N–H and O–H groups in total. The molecule has 1 aliphatic rings. The number of nitrogens with zero attached hydrogens (tertiary/aromatic N) is 2. The summed E-state index contributed by atoms with van der Waals surface area (Å²) < 4.78 is 7.87. The first kappa shape index (κ1) is 10.6. The van der Waals surface area contributed by atoms with Crippen LogP contribution in [0, 0.1) is 0 Å². The van der Waals surface area contributed by atoms with Crippen LogP contribution in [0.3, 0.4) is 0 Å². The van der Waals surface area contributed by atoms with E-state index in [2.05, 4.69) is 18.9 Å². The number of hydrogen-bond donors (Lipinski definition) is 1. The second kappa shape index (κ2) is 3.94. The zero-order chi connectivity index (χ0) is 10.9. The molecule has 0 radical (unpaired) electrons. The van der Waals surface area contributed by atoms with E-state index in [1.807, 2.05) is 10.7 Å². The third-order valence-corrected chi connectivity index (χ3v) is 2.94. The Morgan fingerprint density at radius 2 is 2.47 bits per heavy atom. The summed E-state index contributed by atoms with van der Waals surface area (Å²) in [6, 6.07) is 1.96. The van der Waals surface area contributed by atoms with E-state index in [-0.39, 0.29) is 11.7 Å². The van der Waals surface area contributed by atoms with Crippen LogP contribution < -0.4 is 5.73 Å². The van der Waals surface area contributed by atoms with Crippen LogP contribution in [0.25, 0.3) is 0 Å². The molecule has 0 amide bonds. The van der Waals surface area contributed by atoms with E-state index in [1.54, 1.807) is 6.20 Å². The molecule has 2 heterocycles. The largest absolute Gasteiger partial charge is 0.370 e. The molecule has 1 aromatic heterocycles. The molecule has 1 fully saturated rings. The third-order valence-electron chi connectivity index (χ3n) is 2.94. The van der Waals surface area contributed by atoms with Crippen molar-refractivity contribution in [3.8, 4) is 0 Å².